The molecule has 36 valence electrons. The molecule has 0 amide bonds. The Morgan fingerprint density at radius 2 is 2.17 bits per heavy atom. The number of rotatable bonds is 2. The number of nitrogens with zero attached hydrogens (tertiary/aromatic N) is 1. The van der Waals surface area contributed by atoms with Crippen molar-refractivity contribution in [2.45, 2.75) is 0 Å². The zero-order valence-electron chi connectivity index (χ0n) is 2.46. The van der Waals surface area contributed by atoms with Gasteiger partial charge in [0.15, 0.2) is 0 Å². The fourth-order valence-electron chi connectivity index (χ4n) is 0.0230. The van der Waals surface area contributed by atoms with E-state index in [1.165, 1.54) is 0 Å². The molecule has 0 aromatic carbocycles. The second-order valence-electron chi connectivity index (χ2n) is 0.333. The summed E-state index contributed by atoms with van der Waals surface area (Å²) >= 11 is 0. The van der Waals surface area contributed by atoms with Crippen LogP contribution >= 0.6 is 0 Å². The van der Waals surface area contributed by atoms with Crippen molar-refractivity contribution in [1.82, 2.24) is 0 Å². The molecule has 0 saturated heterocycles. The summed E-state index contributed by atoms with van der Waals surface area (Å²) in [5.74, 6) is 0. The summed E-state index contributed by atoms with van der Waals surface area (Å²) in [5.41, 5.74) is 0. The maximum Gasteiger partial charge on any atom is 0.386 e. The number of hydrogen-bond acceptors (Lipinski definition) is 5. The first-order chi connectivity index (χ1) is 2.77. The molecule has 0 aliphatic carbocycles. The molecule has 6 heteroatoms. The van der Waals surface area contributed by atoms with Crippen LogP contribution in [0.1, 0.15) is 0 Å². The fourth-order valence-corrected chi connectivity index (χ4v) is 0.0690. The summed E-state index contributed by atoms with van der Waals surface area (Å²) in [6.45, 7) is 0. The van der Waals surface area contributed by atoms with Crippen LogP contribution in [0.2, 0.25) is 0 Å². The lowest BCUT2D eigenvalue weighted by Gasteiger charge is -1.77. The molecule has 0 radical (unpaired) electrons. The van der Waals surface area contributed by atoms with Gasteiger partial charge in [0.05, 0.1) is 4.39 Å². The molecule has 0 fully saturated rings. The van der Waals surface area contributed by atoms with Gasteiger partial charge >= 0.3 is 10.8 Å². The van der Waals surface area contributed by atoms with Crippen molar-refractivity contribution in [3.63, 3.8) is 0 Å². The quantitative estimate of drug-likeness (QED) is 0.300. The van der Waals surface area contributed by atoms with Crippen molar-refractivity contribution in [3.8, 4) is 0 Å². The van der Waals surface area contributed by atoms with E-state index < -0.39 is 10.8 Å². The summed E-state index contributed by atoms with van der Waals surface area (Å²) in [4.78, 5) is 8.74. The molecule has 0 aromatic rings. The smallest absolute Gasteiger partial charge is 0.305 e. The molecule has 6 heavy (non-hydrogen) atoms. The van der Waals surface area contributed by atoms with E-state index in [9.17, 15) is 0 Å². The Balaban J connectivity index is 2.81. The third kappa shape index (κ3) is 3.61. The molecule has 0 aromatic heterocycles. The van der Waals surface area contributed by atoms with Gasteiger partial charge in [0.25, 0.3) is 5.34 Å². The summed E-state index contributed by atoms with van der Waals surface area (Å²) in [7, 11) is -2.51. The van der Waals surface area contributed by atoms with Crippen LogP contribution in [0.15, 0.2) is 5.34 Å². The SMILES string of the molecule is O=NO[Cl+2]([O-])[O-]. The van der Waals surface area contributed by atoms with Crippen molar-refractivity contribution >= 4 is 0 Å². The van der Waals surface area contributed by atoms with E-state index in [4.69, 9.17) is 14.2 Å². The fraction of sp³-hybridized carbons (Fsp3) is 0. The van der Waals surface area contributed by atoms with Gasteiger partial charge in [-0.25, -0.2) is 0 Å². The highest BCUT2D eigenvalue weighted by Crippen LogP contribution is 1.72. The molecule has 0 saturated carbocycles. The van der Waals surface area contributed by atoms with E-state index in [1.807, 2.05) is 0 Å². The first-order valence-electron chi connectivity index (χ1n) is 0.828. The Labute approximate surface area is 35.9 Å². The molecule has 0 aliphatic rings. The van der Waals surface area contributed by atoms with Crippen LogP contribution in [-0.4, -0.2) is 0 Å². The highest BCUT2D eigenvalue weighted by atomic mass is 35.6. The van der Waals surface area contributed by atoms with Crippen molar-refractivity contribution in [3.05, 3.63) is 4.91 Å². The number of halogens is 1. The lowest BCUT2D eigenvalue weighted by atomic mass is 13.4. The van der Waals surface area contributed by atoms with E-state index in [0.29, 0.717) is 0 Å². The topological polar surface area (TPSA) is 84.8 Å². The minimum atomic E-state index is -2.51. The average molecular weight is 113 g/mol. The van der Waals surface area contributed by atoms with E-state index in [-0.39, 0.29) is 0 Å². The third-order valence-electron chi connectivity index (χ3n) is 0.0845. The summed E-state index contributed by atoms with van der Waals surface area (Å²) in [6, 6.07) is 0. The second-order valence-corrected chi connectivity index (χ2v) is 0.849. The Bertz CT molecular complexity index is 42.8. The third-order valence-corrected chi connectivity index (χ3v) is 0.254. The monoisotopic (exact) mass is 113 g/mol. The molecule has 0 bridgehead atoms. The zero-order valence-corrected chi connectivity index (χ0v) is 3.21. The van der Waals surface area contributed by atoms with Gasteiger partial charge < -0.3 is 9.32 Å². The van der Waals surface area contributed by atoms with Gasteiger partial charge in [0, 0.05) is 0 Å². The lowest BCUT2D eigenvalue weighted by Crippen LogP contribution is -2.32. The summed E-state index contributed by atoms with van der Waals surface area (Å²) < 4.78 is 21.1. The standard InChI is InChI=1S/ClNO4/c3-1(4)6-2-5. The van der Waals surface area contributed by atoms with E-state index in [2.05, 4.69) is 4.39 Å². The van der Waals surface area contributed by atoms with Gasteiger partial charge in [-0.3, -0.25) is 0 Å². The average Bonchev–Trinajstić information content (AvgIpc) is 1.35. The Morgan fingerprint density at radius 1 is 1.67 bits per heavy atom. The molecule has 5 nitrogen and oxygen atoms in total. The first-order valence-corrected chi connectivity index (χ1v) is 1.75. The Hall–Kier alpha value is -0.390. The van der Waals surface area contributed by atoms with E-state index >= 15 is 0 Å². The van der Waals surface area contributed by atoms with Gasteiger partial charge in [0.1, 0.15) is 0 Å². The second kappa shape index (κ2) is 2.83. The molecule has 0 N–H and O–H groups in total. The zero-order chi connectivity index (χ0) is 4.99. The molecular weight excluding hydrogens is 113 g/mol. The van der Waals surface area contributed by atoms with Crippen LogP contribution in [0.4, 0.5) is 0 Å². The summed E-state index contributed by atoms with van der Waals surface area (Å²) in [5, 5.41) is 1.56. The largest absolute Gasteiger partial charge is 0.386 e. The maximum absolute atomic E-state index is 9.05. The predicted octanol–water partition coefficient (Wildman–Crippen LogP) is -2.23. The van der Waals surface area contributed by atoms with Crippen LogP contribution in [-0.2, 0) is 4.39 Å². The van der Waals surface area contributed by atoms with Crippen molar-refractivity contribution in [2.24, 2.45) is 5.34 Å². The van der Waals surface area contributed by atoms with Gasteiger partial charge in [-0.05, 0) is 0 Å². The summed E-state index contributed by atoms with van der Waals surface area (Å²) in [6.07, 6.45) is 0. The van der Waals surface area contributed by atoms with Gasteiger partial charge in [-0.15, -0.1) is 0 Å². The molecule has 0 rings (SSSR count). The Kier molecular flexibility index (Phi) is 2.64. The molecule has 0 spiro atoms. The minimum absolute atomic E-state index is 1.56. The van der Waals surface area contributed by atoms with E-state index in [1.54, 1.807) is 5.34 Å². The van der Waals surface area contributed by atoms with Crippen LogP contribution in [0, 0.1) is 15.7 Å². The first kappa shape index (κ1) is 5.61. The van der Waals surface area contributed by atoms with Crippen molar-refractivity contribution < 1.29 is 24.5 Å². The van der Waals surface area contributed by atoms with Crippen LogP contribution < -0.4 is 9.32 Å². The molecule has 0 aliphatic heterocycles. The number of hydrogen-bond donors (Lipinski definition) is 0. The van der Waals surface area contributed by atoms with Gasteiger partial charge in [0.2, 0.25) is 0 Å². The molecular formula is ClNO4. The van der Waals surface area contributed by atoms with Crippen LogP contribution in [0.25, 0.3) is 0 Å². The molecule has 0 atom stereocenters. The van der Waals surface area contributed by atoms with Crippen LogP contribution in [0.5, 0.6) is 0 Å². The Morgan fingerprint density at radius 3 is 2.17 bits per heavy atom. The maximum atomic E-state index is 9.05. The van der Waals surface area contributed by atoms with Crippen molar-refractivity contribution in [1.29, 1.82) is 0 Å². The lowest BCUT2D eigenvalue weighted by molar-refractivity contribution is -1.63. The predicted molar refractivity (Wildman–Crippen MR) is 6.88 cm³/mol. The highest BCUT2D eigenvalue weighted by molar-refractivity contribution is 3.86. The van der Waals surface area contributed by atoms with Crippen molar-refractivity contribution in [2.75, 3.05) is 0 Å². The molecule has 0 heterocycles. The van der Waals surface area contributed by atoms with Gasteiger partial charge in [-0.1, -0.05) is 4.91 Å². The molecule has 0 unspecified atom stereocenters. The normalized spacial score (nSPS) is 8.50. The minimum Gasteiger partial charge on any atom is -0.305 e. The van der Waals surface area contributed by atoms with Gasteiger partial charge in [-0.2, -0.15) is 0 Å². The van der Waals surface area contributed by atoms with E-state index in [0.717, 1.165) is 0 Å². The van der Waals surface area contributed by atoms with Crippen LogP contribution in [0.3, 0.4) is 0 Å². The highest BCUT2D eigenvalue weighted by Gasteiger charge is 2.02.